The molecule has 0 saturated carbocycles. The Labute approximate surface area is 120 Å². The quantitative estimate of drug-likeness (QED) is 0.657. The van der Waals surface area contributed by atoms with E-state index in [2.05, 4.69) is 20.8 Å². The molecule has 0 aliphatic heterocycles. The first-order valence-electron chi connectivity index (χ1n) is 6.80. The molecule has 0 atom stereocenters. The van der Waals surface area contributed by atoms with Gasteiger partial charge in [0, 0.05) is 16.8 Å². The zero-order valence-corrected chi connectivity index (χ0v) is 12.5. The van der Waals surface area contributed by atoms with Crippen LogP contribution in [0.5, 0.6) is 0 Å². The van der Waals surface area contributed by atoms with Gasteiger partial charge in [0.05, 0.1) is 0 Å². The minimum Gasteiger partial charge on any atom is -0.399 e. The molecular formula is C18H21NO. The highest BCUT2D eigenvalue weighted by Crippen LogP contribution is 2.23. The third kappa shape index (κ3) is 2.90. The maximum atomic E-state index is 12.5. The Bertz CT molecular complexity index is 633. The third-order valence-electron chi connectivity index (χ3n) is 3.51. The first-order valence-corrected chi connectivity index (χ1v) is 6.80. The number of benzene rings is 2. The van der Waals surface area contributed by atoms with Crippen molar-refractivity contribution < 1.29 is 4.79 Å². The van der Waals surface area contributed by atoms with Crippen LogP contribution in [-0.4, -0.2) is 5.78 Å². The fourth-order valence-corrected chi connectivity index (χ4v) is 2.22. The van der Waals surface area contributed by atoms with E-state index in [1.54, 1.807) is 12.1 Å². The van der Waals surface area contributed by atoms with Crippen molar-refractivity contribution in [1.82, 2.24) is 0 Å². The predicted octanol–water partition coefficient (Wildman–Crippen LogP) is 4.11. The summed E-state index contributed by atoms with van der Waals surface area (Å²) in [5.41, 5.74) is 10.1. The van der Waals surface area contributed by atoms with Gasteiger partial charge in [-0.1, -0.05) is 45.0 Å². The molecule has 0 spiro atoms. The van der Waals surface area contributed by atoms with Gasteiger partial charge in [0.25, 0.3) is 0 Å². The van der Waals surface area contributed by atoms with Crippen LogP contribution in [0.4, 0.5) is 5.69 Å². The number of hydrogen-bond acceptors (Lipinski definition) is 2. The molecule has 0 heterocycles. The molecule has 0 aromatic heterocycles. The monoisotopic (exact) mass is 267 g/mol. The minimum atomic E-state index is 0.0444. The maximum Gasteiger partial charge on any atom is 0.193 e. The van der Waals surface area contributed by atoms with E-state index >= 15 is 0 Å². The third-order valence-corrected chi connectivity index (χ3v) is 3.51. The lowest BCUT2D eigenvalue weighted by atomic mass is 9.86. The van der Waals surface area contributed by atoms with Gasteiger partial charge in [-0.2, -0.15) is 0 Å². The van der Waals surface area contributed by atoms with Crippen molar-refractivity contribution in [1.29, 1.82) is 0 Å². The molecule has 0 saturated heterocycles. The van der Waals surface area contributed by atoms with Crippen LogP contribution in [0.1, 0.15) is 47.8 Å². The number of aryl methyl sites for hydroxylation is 1. The summed E-state index contributed by atoms with van der Waals surface area (Å²) in [6, 6.07) is 13.3. The Morgan fingerprint density at radius 1 is 1.00 bits per heavy atom. The summed E-state index contributed by atoms with van der Waals surface area (Å²) in [5.74, 6) is 0.0444. The van der Waals surface area contributed by atoms with Crippen LogP contribution in [0, 0.1) is 6.92 Å². The number of ketones is 1. The summed E-state index contributed by atoms with van der Waals surface area (Å²) in [4.78, 5) is 12.5. The molecule has 0 aliphatic rings. The van der Waals surface area contributed by atoms with Crippen molar-refractivity contribution in [2.75, 3.05) is 5.73 Å². The summed E-state index contributed by atoms with van der Waals surface area (Å²) in [7, 11) is 0. The van der Waals surface area contributed by atoms with Crippen LogP contribution in [0.2, 0.25) is 0 Å². The summed E-state index contributed by atoms with van der Waals surface area (Å²) in [5, 5.41) is 0. The molecule has 2 N–H and O–H groups in total. The fourth-order valence-electron chi connectivity index (χ4n) is 2.22. The predicted molar refractivity (Wildman–Crippen MR) is 84.2 cm³/mol. The molecule has 2 heteroatoms. The van der Waals surface area contributed by atoms with E-state index in [4.69, 9.17) is 5.73 Å². The SMILES string of the molecule is Cc1cc(N)ccc1C(=O)c1ccc(C(C)(C)C)cc1. The highest BCUT2D eigenvalue weighted by Gasteiger charge is 2.15. The zero-order chi connectivity index (χ0) is 14.9. The zero-order valence-electron chi connectivity index (χ0n) is 12.5. The lowest BCUT2D eigenvalue weighted by Gasteiger charge is -2.19. The van der Waals surface area contributed by atoms with E-state index in [1.807, 2.05) is 37.3 Å². The molecule has 0 unspecified atom stereocenters. The summed E-state index contributed by atoms with van der Waals surface area (Å²) in [6.07, 6.45) is 0. The van der Waals surface area contributed by atoms with E-state index in [9.17, 15) is 4.79 Å². The topological polar surface area (TPSA) is 43.1 Å². The van der Waals surface area contributed by atoms with E-state index in [1.165, 1.54) is 5.56 Å². The lowest BCUT2D eigenvalue weighted by molar-refractivity contribution is 0.103. The molecular weight excluding hydrogens is 246 g/mol. The summed E-state index contributed by atoms with van der Waals surface area (Å²) >= 11 is 0. The maximum absolute atomic E-state index is 12.5. The highest BCUT2D eigenvalue weighted by atomic mass is 16.1. The first-order chi connectivity index (χ1) is 9.29. The Morgan fingerprint density at radius 3 is 2.10 bits per heavy atom. The molecule has 20 heavy (non-hydrogen) atoms. The molecule has 0 radical (unpaired) electrons. The molecule has 2 aromatic rings. The fraction of sp³-hybridized carbons (Fsp3) is 0.278. The summed E-state index contributed by atoms with van der Waals surface area (Å²) in [6.45, 7) is 8.39. The Balaban J connectivity index is 2.34. The molecule has 0 bridgehead atoms. The van der Waals surface area contributed by atoms with Gasteiger partial charge in [-0.15, -0.1) is 0 Å². The number of hydrogen-bond donors (Lipinski definition) is 1. The van der Waals surface area contributed by atoms with E-state index in [0.717, 1.165) is 5.56 Å². The van der Waals surface area contributed by atoms with Crippen molar-refractivity contribution >= 4 is 11.5 Å². The molecule has 0 fully saturated rings. The van der Waals surface area contributed by atoms with Crippen molar-refractivity contribution in [3.05, 3.63) is 64.7 Å². The molecule has 104 valence electrons. The van der Waals surface area contributed by atoms with Gasteiger partial charge in [-0.25, -0.2) is 0 Å². The highest BCUT2D eigenvalue weighted by molar-refractivity contribution is 6.10. The van der Waals surface area contributed by atoms with Crippen molar-refractivity contribution in [3.8, 4) is 0 Å². The smallest absolute Gasteiger partial charge is 0.193 e. The second kappa shape index (κ2) is 5.12. The number of carbonyl (C=O) groups excluding carboxylic acids is 1. The average Bonchev–Trinajstić information content (AvgIpc) is 2.37. The minimum absolute atomic E-state index is 0.0444. The molecule has 2 aromatic carbocycles. The Morgan fingerprint density at radius 2 is 1.60 bits per heavy atom. The number of nitrogens with two attached hydrogens (primary N) is 1. The van der Waals surface area contributed by atoms with Crippen molar-refractivity contribution in [3.63, 3.8) is 0 Å². The van der Waals surface area contributed by atoms with E-state index in [0.29, 0.717) is 16.8 Å². The van der Waals surface area contributed by atoms with Gasteiger partial charge < -0.3 is 5.73 Å². The number of nitrogen functional groups attached to an aromatic ring is 1. The lowest BCUT2D eigenvalue weighted by Crippen LogP contribution is -2.11. The number of anilines is 1. The van der Waals surface area contributed by atoms with Gasteiger partial charge in [0.1, 0.15) is 0 Å². The van der Waals surface area contributed by atoms with Crippen LogP contribution in [0.3, 0.4) is 0 Å². The normalized spacial score (nSPS) is 11.4. The van der Waals surface area contributed by atoms with Crippen LogP contribution < -0.4 is 5.73 Å². The second-order valence-electron chi connectivity index (χ2n) is 6.23. The number of rotatable bonds is 2. The Kier molecular flexibility index (Phi) is 3.67. The summed E-state index contributed by atoms with van der Waals surface area (Å²) < 4.78 is 0. The standard InChI is InChI=1S/C18H21NO/c1-12-11-15(19)9-10-16(12)17(20)13-5-7-14(8-6-13)18(2,3)4/h5-11H,19H2,1-4H3. The number of carbonyl (C=O) groups is 1. The van der Waals surface area contributed by atoms with Crippen molar-refractivity contribution in [2.24, 2.45) is 0 Å². The largest absolute Gasteiger partial charge is 0.399 e. The van der Waals surface area contributed by atoms with Crippen LogP contribution in [0.25, 0.3) is 0 Å². The van der Waals surface area contributed by atoms with E-state index < -0.39 is 0 Å². The molecule has 0 aliphatic carbocycles. The van der Waals surface area contributed by atoms with Gasteiger partial charge >= 0.3 is 0 Å². The average molecular weight is 267 g/mol. The van der Waals surface area contributed by atoms with Crippen LogP contribution in [-0.2, 0) is 5.41 Å². The second-order valence-corrected chi connectivity index (χ2v) is 6.23. The first kappa shape index (κ1) is 14.3. The van der Waals surface area contributed by atoms with Crippen molar-refractivity contribution in [2.45, 2.75) is 33.1 Å². The Hall–Kier alpha value is -2.09. The van der Waals surface area contributed by atoms with Gasteiger partial charge in [0.15, 0.2) is 5.78 Å². The van der Waals surface area contributed by atoms with E-state index in [-0.39, 0.29) is 11.2 Å². The van der Waals surface area contributed by atoms with Gasteiger partial charge in [-0.3, -0.25) is 4.79 Å². The van der Waals surface area contributed by atoms with Gasteiger partial charge in [0.2, 0.25) is 0 Å². The molecule has 0 amide bonds. The van der Waals surface area contributed by atoms with Crippen LogP contribution in [0.15, 0.2) is 42.5 Å². The molecule has 2 rings (SSSR count). The van der Waals surface area contributed by atoms with Crippen LogP contribution >= 0.6 is 0 Å². The van der Waals surface area contributed by atoms with Gasteiger partial charge in [-0.05, 0) is 41.7 Å². The molecule has 2 nitrogen and oxygen atoms in total.